The number of hydrogen-bond donors (Lipinski definition) is 1. The summed E-state index contributed by atoms with van der Waals surface area (Å²) in [6, 6.07) is 13.8. The lowest BCUT2D eigenvalue weighted by atomic mass is 10.0. The zero-order valence-electron chi connectivity index (χ0n) is 20.0. The fraction of sp³-hybridized carbons (Fsp3) is 0.296. The zero-order chi connectivity index (χ0) is 24.5. The molecule has 1 atom stereocenters. The summed E-state index contributed by atoms with van der Waals surface area (Å²) in [6.45, 7) is 6.92. The lowest BCUT2D eigenvalue weighted by Crippen LogP contribution is -2.27. The minimum absolute atomic E-state index is 0.0489. The summed E-state index contributed by atoms with van der Waals surface area (Å²) in [5.74, 6) is 1.08. The van der Waals surface area contributed by atoms with Crippen LogP contribution < -0.4 is 14.8 Å². The standard InChI is InChI=1S/C27H27FN4O3/c1-16(19-7-9-24-25(14-19)35-12-11-34-24)30-27(33)10-8-22-17(2)29-26-15-23(31-32(26)18(22)3)20-5-4-6-21(28)13-20/h4-7,9,13-16H,8,10-12H2,1-3H3,(H,30,33)/t16-/m0/s1. The Kier molecular flexibility index (Phi) is 6.11. The van der Waals surface area contributed by atoms with Crippen molar-refractivity contribution in [1.29, 1.82) is 0 Å². The number of benzene rings is 2. The van der Waals surface area contributed by atoms with Crippen molar-refractivity contribution in [2.45, 2.75) is 39.7 Å². The predicted octanol–water partition coefficient (Wildman–Crippen LogP) is 4.73. The van der Waals surface area contributed by atoms with Crippen LogP contribution in [0.3, 0.4) is 0 Å². The number of nitrogens with one attached hydrogen (secondary N) is 1. The normalized spacial score (nSPS) is 13.6. The third-order valence-electron chi connectivity index (χ3n) is 6.33. The Morgan fingerprint density at radius 3 is 2.71 bits per heavy atom. The molecule has 4 aromatic rings. The van der Waals surface area contributed by atoms with Gasteiger partial charge in [0.2, 0.25) is 5.91 Å². The topological polar surface area (TPSA) is 77.8 Å². The average molecular weight is 475 g/mol. The number of fused-ring (bicyclic) bond motifs is 2. The maximum absolute atomic E-state index is 13.7. The molecule has 1 N–H and O–H groups in total. The molecule has 0 fully saturated rings. The highest BCUT2D eigenvalue weighted by Crippen LogP contribution is 2.32. The second kappa shape index (κ2) is 9.37. The van der Waals surface area contributed by atoms with E-state index in [0.29, 0.717) is 48.7 Å². The van der Waals surface area contributed by atoms with Crippen LogP contribution in [0.2, 0.25) is 0 Å². The minimum atomic E-state index is -0.308. The van der Waals surface area contributed by atoms with Gasteiger partial charge in [0.25, 0.3) is 0 Å². The van der Waals surface area contributed by atoms with Crippen molar-refractivity contribution in [3.05, 3.63) is 76.9 Å². The van der Waals surface area contributed by atoms with Gasteiger partial charge in [-0.1, -0.05) is 18.2 Å². The van der Waals surface area contributed by atoms with Crippen LogP contribution in [0.15, 0.2) is 48.5 Å². The van der Waals surface area contributed by atoms with E-state index in [1.54, 1.807) is 10.6 Å². The molecule has 1 aliphatic heterocycles. The molecule has 180 valence electrons. The average Bonchev–Trinajstić information content (AvgIpc) is 3.28. The molecule has 2 aromatic heterocycles. The molecule has 0 aliphatic carbocycles. The Morgan fingerprint density at radius 2 is 1.91 bits per heavy atom. The molecule has 1 amide bonds. The number of ether oxygens (including phenoxy) is 2. The molecule has 0 saturated carbocycles. The van der Waals surface area contributed by atoms with E-state index >= 15 is 0 Å². The van der Waals surface area contributed by atoms with Crippen LogP contribution in [0.1, 0.15) is 41.9 Å². The Balaban J connectivity index is 1.29. The minimum Gasteiger partial charge on any atom is -0.486 e. The molecule has 0 bridgehead atoms. The van der Waals surface area contributed by atoms with Crippen LogP contribution in [0.25, 0.3) is 16.9 Å². The first-order chi connectivity index (χ1) is 16.9. The summed E-state index contributed by atoms with van der Waals surface area (Å²) in [6.07, 6.45) is 0.858. The van der Waals surface area contributed by atoms with Crippen LogP contribution in [0.5, 0.6) is 11.5 Å². The molecule has 5 rings (SSSR count). The number of rotatable bonds is 6. The second-order valence-corrected chi connectivity index (χ2v) is 8.76. The number of hydrogen-bond acceptors (Lipinski definition) is 5. The third kappa shape index (κ3) is 4.69. The number of carbonyl (C=O) groups is 1. The van der Waals surface area contributed by atoms with Crippen molar-refractivity contribution in [1.82, 2.24) is 19.9 Å². The molecule has 0 radical (unpaired) electrons. The van der Waals surface area contributed by atoms with Gasteiger partial charge in [-0.25, -0.2) is 13.9 Å². The quantitative estimate of drug-likeness (QED) is 0.437. The van der Waals surface area contributed by atoms with Crippen LogP contribution in [-0.4, -0.2) is 33.7 Å². The molecule has 8 heteroatoms. The maximum Gasteiger partial charge on any atom is 0.220 e. The highest BCUT2D eigenvalue weighted by atomic mass is 19.1. The lowest BCUT2D eigenvalue weighted by Gasteiger charge is -2.21. The summed E-state index contributed by atoms with van der Waals surface area (Å²) in [4.78, 5) is 17.4. The van der Waals surface area contributed by atoms with Crippen molar-refractivity contribution in [3.8, 4) is 22.8 Å². The summed E-state index contributed by atoms with van der Waals surface area (Å²) in [5.41, 5.74) is 5.76. The number of carbonyl (C=O) groups excluding carboxylic acids is 1. The van der Waals surface area contributed by atoms with E-state index in [2.05, 4.69) is 15.4 Å². The van der Waals surface area contributed by atoms with Gasteiger partial charge in [0.05, 0.1) is 11.7 Å². The van der Waals surface area contributed by atoms with Crippen molar-refractivity contribution in [2.75, 3.05) is 13.2 Å². The van der Waals surface area contributed by atoms with E-state index in [9.17, 15) is 9.18 Å². The van der Waals surface area contributed by atoms with Gasteiger partial charge in [-0.3, -0.25) is 4.79 Å². The van der Waals surface area contributed by atoms with Crippen LogP contribution in [-0.2, 0) is 11.2 Å². The number of aromatic nitrogens is 3. The molecular weight excluding hydrogens is 447 g/mol. The first-order valence-corrected chi connectivity index (χ1v) is 11.7. The molecule has 2 aromatic carbocycles. The van der Waals surface area contributed by atoms with Gasteiger partial charge in [0.15, 0.2) is 17.1 Å². The van der Waals surface area contributed by atoms with Gasteiger partial charge in [0.1, 0.15) is 19.0 Å². The van der Waals surface area contributed by atoms with Crippen molar-refractivity contribution in [3.63, 3.8) is 0 Å². The second-order valence-electron chi connectivity index (χ2n) is 8.76. The Bertz CT molecular complexity index is 1420. The van der Waals surface area contributed by atoms with E-state index in [1.165, 1.54) is 12.1 Å². The monoisotopic (exact) mass is 474 g/mol. The molecule has 35 heavy (non-hydrogen) atoms. The fourth-order valence-corrected chi connectivity index (χ4v) is 4.44. The fourth-order valence-electron chi connectivity index (χ4n) is 4.44. The molecule has 0 unspecified atom stereocenters. The Morgan fingerprint density at radius 1 is 1.11 bits per heavy atom. The Hall–Kier alpha value is -3.94. The number of amides is 1. The zero-order valence-corrected chi connectivity index (χ0v) is 20.0. The highest BCUT2D eigenvalue weighted by Gasteiger charge is 2.18. The number of nitrogens with zero attached hydrogens (tertiary/aromatic N) is 3. The summed E-state index contributed by atoms with van der Waals surface area (Å²) < 4.78 is 26.6. The van der Waals surface area contributed by atoms with Crippen molar-refractivity contribution in [2.24, 2.45) is 0 Å². The highest BCUT2D eigenvalue weighted by molar-refractivity contribution is 5.77. The van der Waals surface area contributed by atoms with E-state index in [4.69, 9.17) is 9.47 Å². The number of halogens is 1. The van der Waals surface area contributed by atoms with Gasteiger partial charge in [-0.2, -0.15) is 5.10 Å². The molecular formula is C27H27FN4O3. The van der Waals surface area contributed by atoms with Gasteiger partial charge < -0.3 is 14.8 Å². The lowest BCUT2D eigenvalue weighted by molar-refractivity contribution is -0.121. The van der Waals surface area contributed by atoms with Crippen LogP contribution in [0.4, 0.5) is 4.39 Å². The van der Waals surface area contributed by atoms with Crippen molar-refractivity contribution < 1.29 is 18.7 Å². The molecule has 1 aliphatic rings. The van der Waals surface area contributed by atoms with Crippen LogP contribution in [0, 0.1) is 19.7 Å². The van der Waals surface area contributed by atoms with Gasteiger partial charge in [0, 0.05) is 29.4 Å². The van der Waals surface area contributed by atoms with E-state index < -0.39 is 0 Å². The molecule has 0 saturated heterocycles. The molecule has 3 heterocycles. The first kappa shape index (κ1) is 22.8. The van der Waals surface area contributed by atoms with Crippen molar-refractivity contribution >= 4 is 11.6 Å². The van der Waals surface area contributed by atoms with Gasteiger partial charge in [-0.15, -0.1) is 0 Å². The van der Waals surface area contributed by atoms with Gasteiger partial charge >= 0.3 is 0 Å². The van der Waals surface area contributed by atoms with Gasteiger partial charge in [-0.05, 0) is 62.6 Å². The summed E-state index contributed by atoms with van der Waals surface area (Å²) in [7, 11) is 0. The number of aryl methyl sites for hydroxylation is 2. The van der Waals surface area contributed by atoms with Crippen LogP contribution >= 0.6 is 0 Å². The summed E-state index contributed by atoms with van der Waals surface area (Å²) >= 11 is 0. The molecule has 0 spiro atoms. The Labute approximate surface area is 202 Å². The smallest absolute Gasteiger partial charge is 0.220 e. The largest absolute Gasteiger partial charge is 0.486 e. The maximum atomic E-state index is 13.7. The summed E-state index contributed by atoms with van der Waals surface area (Å²) in [5, 5.41) is 7.71. The third-order valence-corrected chi connectivity index (χ3v) is 6.33. The van der Waals surface area contributed by atoms with E-state index in [0.717, 1.165) is 28.3 Å². The van der Waals surface area contributed by atoms with E-state index in [1.807, 2.05) is 51.1 Å². The first-order valence-electron chi connectivity index (χ1n) is 11.7. The SMILES string of the molecule is Cc1nc2cc(-c3cccc(F)c3)nn2c(C)c1CCC(=O)N[C@@H](C)c1ccc2c(c1)OCCO2. The molecule has 7 nitrogen and oxygen atoms in total. The predicted molar refractivity (Wildman–Crippen MR) is 130 cm³/mol. The van der Waals surface area contributed by atoms with E-state index in [-0.39, 0.29) is 17.8 Å².